The highest BCUT2D eigenvalue weighted by Gasteiger charge is 2.06. The Balaban J connectivity index is 2.82. The van der Waals surface area contributed by atoms with Gasteiger partial charge in [0.15, 0.2) is 0 Å². The van der Waals surface area contributed by atoms with Crippen molar-refractivity contribution in [1.29, 1.82) is 0 Å². The largest absolute Gasteiger partial charge is 0.497 e. The highest BCUT2D eigenvalue weighted by atomic mass is 16.5. The summed E-state index contributed by atoms with van der Waals surface area (Å²) in [5.74, 6) is 0.253. The third kappa shape index (κ3) is 2.47. The van der Waals surface area contributed by atoms with Crippen LogP contribution in [0.5, 0.6) is 5.75 Å². The van der Waals surface area contributed by atoms with Gasteiger partial charge >= 0.3 is 5.97 Å². The number of ether oxygens (including phenoxy) is 2. The van der Waals surface area contributed by atoms with Crippen molar-refractivity contribution in [3.63, 3.8) is 0 Å². The van der Waals surface area contributed by atoms with Crippen molar-refractivity contribution in [2.45, 2.75) is 6.92 Å². The second kappa shape index (κ2) is 4.50. The molecule has 0 saturated heterocycles. The van der Waals surface area contributed by atoms with Crippen molar-refractivity contribution in [3.05, 3.63) is 29.8 Å². The zero-order valence-corrected chi connectivity index (χ0v) is 7.66. The summed E-state index contributed by atoms with van der Waals surface area (Å²) in [6.45, 7) is 2.13. The molecule has 0 heterocycles. The van der Waals surface area contributed by atoms with Crippen LogP contribution in [0.15, 0.2) is 18.2 Å². The Hall–Kier alpha value is -1.51. The lowest BCUT2D eigenvalue weighted by Crippen LogP contribution is -2.04. The molecule has 0 N–H and O–H groups in total. The summed E-state index contributed by atoms with van der Waals surface area (Å²) in [6, 6.07) is 7.72. The average Bonchev–Trinajstić information content (AvgIpc) is 2.18. The second-order valence-electron chi connectivity index (χ2n) is 2.36. The van der Waals surface area contributed by atoms with Crippen molar-refractivity contribution in [1.82, 2.24) is 0 Å². The van der Waals surface area contributed by atoms with E-state index in [9.17, 15) is 4.79 Å². The normalized spacial score (nSPS) is 9.38. The molecule has 1 radical (unpaired) electrons. The van der Waals surface area contributed by atoms with E-state index in [-0.39, 0.29) is 5.97 Å². The van der Waals surface area contributed by atoms with Crippen LogP contribution < -0.4 is 4.74 Å². The molecule has 0 spiro atoms. The maximum Gasteiger partial charge on any atom is 0.338 e. The molecule has 0 aliphatic heterocycles. The molecule has 3 nitrogen and oxygen atoms in total. The van der Waals surface area contributed by atoms with Gasteiger partial charge in [-0.2, -0.15) is 0 Å². The van der Waals surface area contributed by atoms with Gasteiger partial charge in [0.2, 0.25) is 0 Å². The summed E-state index contributed by atoms with van der Waals surface area (Å²) in [5.41, 5.74) is 0.390. The average molecular weight is 179 g/mol. The molecule has 13 heavy (non-hydrogen) atoms. The van der Waals surface area contributed by atoms with Gasteiger partial charge < -0.3 is 9.47 Å². The van der Waals surface area contributed by atoms with Gasteiger partial charge in [0.05, 0.1) is 19.3 Å². The molecule has 1 aromatic carbocycles. The van der Waals surface area contributed by atoms with Crippen LogP contribution in [-0.2, 0) is 4.74 Å². The molecule has 69 valence electrons. The van der Waals surface area contributed by atoms with Gasteiger partial charge in [-0.1, -0.05) is 0 Å². The quantitative estimate of drug-likeness (QED) is 0.662. The molecule has 0 amide bonds. The summed E-state index contributed by atoms with van der Waals surface area (Å²) in [5, 5.41) is 0. The van der Waals surface area contributed by atoms with E-state index < -0.39 is 0 Å². The molecule has 1 aromatic rings. The molecule has 0 unspecified atom stereocenters. The zero-order chi connectivity index (χ0) is 9.68. The van der Waals surface area contributed by atoms with E-state index in [2.05, 4.69) is 6.07 Å². The Bertz CT molecular complexity index is 294. The number of rotatable bonds is 3. The molecule has 0 aliphatic rings. The minimum Gasteiger partial charge on any atom is -0.497 e. The summed E-state index contributed by atoms with van der Waals surface area (Å²) >= 11 is 0. The Morgan fingerprint density at radius 1 is 1.62 bits per heavy atom. The van der Waals surface area contributed by atoms with Crippen LogP contribution in [0.25, 0.3) is 0 Å². The third-order valence-corrected chi connectivity index (χ3v) is 1.50. The summed E-state index contributed by atoms with van der Waals surface area (Å²) in [4.78, 5) is 11.2. The van der Waals surface area contributed by atoms with Gasteiger partial charge in [-0.3, -0.25) is 0 Å². The molecular formula is C10H11O3. The first-order valence-corrected chi connectivity index (χ1v) is 4.00. The van der Waals surface area contributed by atoms with E-state index in [0.717, 1.165) is 0 Å². The van der Waals surface area contributed by atoms with Gasteiger partial charge in [0, 0.05) is 0 Å². The Kier molecular flexibility index (Phi) is 3.31. The SMILES string of the molecule is CCOC(=O)c1[c]ccc(OC)c1. The van der Waals surface area contributed by atoms with Gasteiger partial charge in [0.1, 0.15) is 5.75 Å². The van der Waals surface area contributed by atoms with Gasteiger partial charge in [-0.15, -0.1) is 0 Å². The van der Waals surface area contributed by atoms with Crippen LogP contribution in [0.3, 0.4) is 0 Å². The highest BCUT2D eigenvalue weighted by Crippen LogP contribution is 2.12. The maximum absolute atomic E-state index is 11.2. The standard InChI is InChI=1S/C10H11O3/c1-3-13-10(11)8-5-4-6-9(7-8)12-2/h4,6-7H,3H2,1-2H3. The molecule has 0 aliphatic carbocycles. The van der Waals surface area contributed by atoms with E-state index in [1.807, 2.05) is 0 Å². The van der Waals surface area contributed by atoms with Gasteiger partial charge in [-0.05, 0) is 31.2 Å². The number of carbonyl (C=O) groups is 1. The van der Waals surface area contributed by atoms with E-state index in [0.29, 0.717) is 17.9 Å². The minimum atomic E-state index is -0.374. The fourth-order valence-corrected chi connectivity index (χ4v) is 0.899. The smallest absolute Gasteiger partial charge is 0.338 e. The number of methoxy groups -OCH3 is 1. The van der Waals surface area contributed by atoms with E-state index >= 15 is 0 Å². The topological polar surface area (TPSA) is 35.5 Å². The number of hydrogen-bond donors (Lipinski definition) is 0. The number of benzene rings is 1. The lowest BCUT2D eigenvalue weighted by atomic mass is 10.2. The number of hydrogen-bond acceptors (Lipinski definition) is 3. The zero-order valence-electron chi connectivity index (χ0n) is 7.66. The fourth-order valence-electron chi connectivity index (χ4n) is 0.899. The molecule has 0 saturated carbocycles. The van der Waals surface area contributed by atoms with E-state index in [1.54, 1.807) is 32.2 Å². The van der Waals surface area contributed by atoms with Crippen molar-refractivity contribution in [3.8, 4) is 5.75 Å². The predicted octanol–water partition coefficient (Wildman–Crippen LogP) is 1.67. The monoisotopic (exact) mass is 179 g/mol. The third-order valence-electron chi connectivity index (χ3n) is 1.50. The lowest BCUT2D eigenvalue weighted by Gasteiger charge is -2.02. The van der Waals surface area contributed by atoms with Crippen LogP contribution in [0.2, 0.25) is 0 Å². The van der Waals surface area contributed by atoms with Gasteiger partial charge in [0.25, 0.3) is 0 Å². The molecule has 0 fully saturated rings. The second-order valence-corrected chi connectivity index (χ2v) is 2.36. The van der Waals surface area contributed by atoms with Crippen LogP contribution in [0.4, 0.5) is 0 Å². The van der Waals surface area contributed by atoms with Crippen LogP contribution >= 0.6 is 0 Å². The molecule has 1 rings (SSSR count). The van der Waals surface area contributed by atoms with Crippen molar-refractivity contribution in [2.24, 2.45) is 0 Å². The number of carbonyl (C=O) groups excluding carboxylic acids is 1. The van der Waals surface area contributed by atoms with E-state index in [1.165, 1.54) is 0 Å². The van der Waals surface area contributed by atoms with Crippen LogP contribution in [0.1, 0.15) is 17.3 Å². The Labute approximate surface area is 77.3 Å². The molecule has 0 atom stereocenters. The maximum atomic E-state index is 11.2. The van der Waals surface area contributed by atoms with Crippen molar-refractivity contribution >= 4 is 5.97 Å². The van der Waals surface area contributed by atoms with Crippen molar-refractivity contribution in [2.75, 3.05) is 13.7 Å². The highest BCUT2D eigenvalue weighted by molar-refractivity contribution is 5.89. The molecule has 3 heteroatoms. The summed E-state index contributed by atoms with van der Waals surface area (Å²) in [6.07, 6.45) is 0. The van der Waals surface area contributed by atoms with Gasteiger partial charge in [-0.25, -0.2) is 4.79 Å². The first kappa shape index (κ1) is 9.58. The molecule has 0 bridgehead atoms. The number of esters is 1. The first-order chi connectivity index (χ1) is 6.27. The van der Waals surface area contributed by atoms with Crippen LogP contribution in [0, 0.1) is 6.07 Å². The molecule has 0 aromatic heterocycles. The van der Waals surface area contributed by atoms with Crippen LogP contribution in [-0.4, -0.2) is 19.7 Å². The summed E-state index contributed by atoms with van der Waals surface area (Å²) in [7, 11) is 1.55. The first-order valence-electron chi connectivity index (χ1n) is 4.00. The lowest BCUT2D eigenvalue weighted by molar-refractivity contribution is 0.0525. The fraction of sp³-hybridized carbons (Fsp3) is 0.300. The Morgan fingerprint density at radius 3 is 3.00 bits per heavy atom. The molecular weight excluding hydrogens is 168 g/mol. The summed E-state index contributed by atoms with van der Waals surface area (Å²) < 4.78 is 9.76. The van der Waals surface area contributed by atoms with Crippen molar-refractivity contribution < 1.29 is 14.3 Å². The minimum absolute atomic E-state index is 0.365. The predicted molar refractivity (Wildman–Crippen MR) is 47.8 cm³/mol. The van der Waals surface area contributed by atoms with E-state index in [4.69, 9.17) is 9.47 Å². The Morgan fingerprint density at radius 2 is 2.38 bits per heavy atom.